The number of aromatic nitrogens is 2. The molecule has 0 fully saturated rings. The van der Waals surface area contributed by atoms with Gasteiger partial charge in [-0.15, -0.1) is 0 Å². The fourth-order valence-corrected chi connectivity index (χ4v) is 2.34. The summed E-state index contributed by atoms with van der Waals surface area (Å²) in [5.41, 5.74) is 6.49. The molecular formula is C13H7BrF3N3. The van der Waals surface area contributed by atoms with Crippen molar-refractivity contribution in [2.75, 3.05) is 5.73 Å². The SMILES string of the molecule is Nc1nc2cc(F)c(Br)cc2n1-c1ccc(F)cc1F. The van der Waals surface area contributed by atoms with Gasteiger partial charge in [0.05, 0.1) is 21.2 Å². The van der Waals surface area contributed by atoms with Gasteiger partial charge in [-0.1, -0.05) is 0 Å². The van der Waals surface area contributed by atoms with Crippen LogP contribution in [-0.2, 0) is 0 Å². The predicted molar refractivity (Wildman–Crippen MR) is 73.1 cm³/mol. The van der Waals surface area contributed by atoms with Crippen LogP contribution in [0.15, 0.2) is 34.8 Å². The zero-order chi connectivity index (χ0) is 14.4. The Balaban J connectivity index is 2.35. The lowest BCUT2D eigenvalue weighted by Crippen LogP contribution is -2.03. The van der Waals surface area contributed by atoms with E-state index >= 15 is 0 Å². The zero-order valence-corrected chi connectivity index (χ0v) is 11.5. The molecule has 3 rings (SSSR count). The molecule has 3 aromatic rings. The summed E-state index contributed by atoms with van der Waals surface area (Å²) >= 11 is 3.05. The molecule has 1 aromatic heterocycles. The van der Waals surface area contributed by atoms with Gasteiger partial charge < -0.3 is 5.73 Å². The molecule has 0 aliphatic rings. The highest BCUT2D eigenvalue weighted by Crippen LogP contribution is 2.29. The summed E-state index contributed by atoms with van der Waals surface area (Å²) in [5.74, 6) is -1.98. The van der Waals surface area contributed by atoms with Crippen LogP contribution in [0.4, 0.5) is 19.1 Å². The third-order valence-electron chi connectivity index (χ3n) is 2.87. The normalized spacial score (nSPS) is 11.2. The Hall–Kier alpha value is -2.02. The topological polar surface area (TPSA) is 43.8 Å². The van der Waals surface area contributed by atoms with Crippen molar-refractivity contribution in [2.24, 2.45) is 0 Å². The summed E-state index contributed by atoms with van der Waals surface area (Å²) in [4.78, 5) is 3.97. The standard InChI is InChI=1S/C13H7BrF3N3/c14-7-4-12-10(5-8(7)16)19-13(18)20(12)11-2-1-6(15)3-9(11)17/h1-5H,(H2,18,19). The molecule has 0 unspecified atom stereocenters. The predicted octanol–water partition coefficient (Wildman–Crippen LogP) is 3.79. The van der Waals surface area contributed by atoms with Crippen molar-refractivity contribution in [3.8, 4) is 5.69 Å². The lowest BCUT2D eigenvalue weighted by atomic mass is 10.2. The highest BCUT2D eigenvalue weighted by atomic mass is 79.9. The van der Waals surface area contributed by atoms with Crippen molar-refractivity contribution in [3.05, 3.63) is 52.3 Å². The molecule has 0 atom stereocenters. The van der Waals surface area contributed by atoms with E-state index < -0.39 is 17.5 Å². The van der Waals surface area contributed by atoms with Crippen molar-refractivity contribution in [1.82, 2.24) is 9.55 Å². The lowest BCUT2D eigenvalue weighted by Gasteiger charge is -2.08. The van der Waals surface area contributed by atoms with E-state index in [0.717, 1.165) is 12.1 Å². The first-order valence-corrected chi connectivity index (χ1v) is 6.35. The first-order chi connectivity index (χ1) is 9.47. The summed E-state index contributed by atoms with van der Waals surface area (Å²) < 4.78 is 41.8. The molecule has 2 aromatic carbocycles. The van der Waals surface area contributed by atoms with Gasteiger partial charge in [0.25, 0.3) is 0 Å². The number of fused-ring (bicyclic) bond motifs is 1. The van der Waals surface area contributed by atoms with Crippen molar-refractivity contribution >= 4 is 32.9 Å². The van der Waals surface area contributed by atoms with E-state index in [1.165, 1.54) is 22.8 Å². The van der Waals surface area contributed by atoms with Crippen molar-refractivity contribution in [3.63, 3.8) is 0 Å². The minimum Gasteiger partial charge on any atom is -0.369 e. The second-order valence-electron chi connectivity index (χ2n) is 4.16. The van der Waals surface area contributed by atoms with Crippen molar-refractivity contribution in [2.45, 2.75) is 0 Å². The molecule has 0 aliphatic carbocycles. The fourth-order valence-electron chi connectivity index (χ4n) is 2.01. The molecule has 102 valence electrons. The zero-order valence-electron chi connectivity index (χ0n) is 9.87. The van der Waals surface area contributed by atoms with E-state index in [4.69, 9.17) is 5.73 Å². The third kappa shape index (κ3) is 1.94. The summed E-state index contributed by atoms with van der Waals surface area (Å²) in [5, 5.41) is 0. The average Bonchev–Trinajstić information content (AvgIpc) is 2.66. The maximum absolute atomic E-state index is 13.9. The van der Waals surface area contributed by atoms with Crippen LogP contribution in [0.5, 0.6) is 0 Å². The van der Waals surface area contributed by atoms with Crippen molar-refractivity contribution in [1.29, 1.82) is 0 Å². The third-order valence-corrected chi connectivity index (χ3v) is 3.48. The number of hydrogen-bond donors (Lipinski definition) is 1. The number of imidazole rings is 1. The molecule has 2 N–H and O–H groups in total. The molecule has 0 amide bonds. The maximum atomic E-state index is 13.9. The minimum absolute atomic E-state index is 0.0111. The second-order valence-corrected chi connectivity index (χ2v) is 5.01. The number of rotatable bonds is 1. The number of halogens is 4. The maximum Gasteiger partial charge on any atom is 0.206 e. The molecule has 0 radical (unpaired) electrons. The Morgan fingerprint density at radius 2 is 1.80 bits per heavy atom. The van der Waals surface area contributed by atoms with Gasteiger partial charge in [-0.05, 0) is 34.1 Å². The van der Waals surface area contributed by atoms with E-state index in [1.807, 2.05) is 0 Å². The van der Waals surface area contributed by atoms with E-state index in [0.29, 0.717) is 5.52 Å². The Bertz CT molecular complexity index is 829. The van der Waals surface area contributed by atoms with Crippen LogP contribution in [0.2, 0.25) is 0 Å². The number of nitrogens with zero attached hydrogens (tertiary/aromatic N) is 2. The van der Waals surface area contributed by atoms with Gasteiger partial charge in [-0.2, -0.15) is 0 Å². The molecule has 0 saturated carbocycles. The Morgan fingerprint density at radius 3 is 2.50 bits per heavy atom. The molecule has 0 aliphatic heterocycles. The molecule has 0 spiro atoms. The van der Waals surface area contributed by atoms with Crippen LogP contribution in [0.1, 0.15) is 0 Å². The number of anilines is 1. The van der Waals surface area contributed by atoms with E-state index in [9.17, 15) is 13.2 Å². The number of nitrogen functional groups attached to an aromatic ring is 1. The van der Waals surface area contributed by atoms with Gasteiger partial charge in [0.2, 0.25) is 5.95 Å². The van der Waals surface area contributed by atoms with Crippen LogP contribution in [-0.4, -0.2) is 9.55 Å². The van der Waals surface area contributed by atoms with Gasteiger partial charge in [0, 0.05) is 12.1 Å². The molecular weight excluding hydrogens is 335 g/mol. The minimum atomic E-state index is -0.781. The second kappa shape index (κ2) is 4.52. The van der Waals surface area contributed by atoms with Gasteiger partial charge >= 0.3 is 0 Å². The summed E-state index contributed by atoms with van der Waals surface area (Å²) in [6.07, 6.45) is 0. The summed E-state index contributed by atoms with van der Waals surface area (Å²) in [6, 6.07) is 5.74. The van der Waals surface area contributed by atoms with Crippen LogP contribution < -0.4 is 5.73 Å². The highest BCUT2D eigenvalue weighted by molar-refractivity contribution is 9.10. The molecule has 0 saturated heterocycles. The molecule has 20 heavy (non-hydrogen) atoms. The Kier molecular flexibility index (Phi) is 2.93. The van der Waals surface area contributed by atoms with E-state index in [2.05, 4.69) is 20.9 Å². The van der Waals surface area contributed by atoms with Gasteiger partial charge in [-0.3, -0.25) is 4.57 Å². The van der Waals surface area contributed by atoms with Gasteiger partial charge in [0.1, 0.15) is 17.5 Å². The summed E-state index contributed by atoms with van der Waals surface area (Å²) in [6.45, 7) is 0. The van der Waals surface area contributed by atoms with Crippen molar-refractivity contribution < 1.29 is 13.2 Å². The molecule has 1 heterocycles. The molecule has 3 nitrogen and oxygen atoms in total. The first-order valence-electron chi connectivity index (χ1n) is 5.56. The number of hydrogen-bond acceptors (Lipinski definition) is 2. The smallest absolute Gasteiger partial charge is 0.206 e. The van der Waals surface area contributed by atoms with Crippen LogP contribution in [0.25, 0.3) is 16.7 Å². The first kappa shape index (κ1) is 13.0. The average molecular weight is 342 g/mol. The number of benzene rings is 2. The lowest BCUT2D eigenvalue weighted by molar-refractivity contribution is 0.579. The Labute approximate surface area is 120 Å². The van der Waals surface area contributed by atoms with Crippen LogP contribution in [0, 0.1) is 17.5 Å². The van der Waals surface area contributed by atoms with Crippen LogP contribution >= 0.6 is 15.9 Å². The summed E-state index contributed by atoms with van der Waals surface area (Å²) in [7, 11) is 0. The fraction of sp³-hybridized carbons (Fsp3) is 0. The highest BCUT2D eigenvalue weighted by Gasteiger charge is 2.16. The van der Waals surface area contributed by atoms with Crippen LogP contribution in [0.3, 0.4) is 0 Å². The quantitative estimate of drug-likeness (QED) is 0.731. The Morgan fingerprint density at radius 1 is 1.05 bits per heavy atom. The monoisotopic (exact) mass is 341 g/mol. The van der Waals surface area contributed by atoms with Gasteiger partial charge in [0.15, 0.2) is 0 Å². The number of nitrogens with two attached hydrogens (primary N) is 1. The van der Waals surface area contributed by atoms with Gasteiger partial charge in [-0.25, -0.2) is 18.2 Å². The molecule has 0 bridgehead atoms. The van der Waals surface area contributed by atoms with E-state index in [-0.39, 0.29) is 21.6 Å². The van der Waals surface area contributed by atoms with E-state index in [1.54, 1.807) is 0 Å². The molecule has 7 heteroatoms. The largest absolute Gasteiger partial charge is 0.369 e.